The van der Waals surface area contributed by atoms with Crippen molar-refractivity contribution in [1.82, 2.24) is 0 Å². The van der Waals surface area contributed by atoms with Crippen LogP contribution in [0.5, 0.6) is 0 Å². The summed E-state index contributed by atoms with van der Waals surface area (Å²) in [5.41, 5.74) is -3.18. The third-order valence-electron chi connectivity index (χ3n) is 2.27. The van der Waals surface area contributed by atoms with Crippen molar-refractivity contribution in [1.29, 1.82) is 0 Å². The van der Waals surface area contributed by atoms with Gasteiger partial charge in [0.2, 0.25) is 0 Å². The van der Waals surface area contributed by atoms with E-state index in [0.29, 0.717) is 13.0 Å². The molecule has 1 aliphatic rings. The minimum absolute atomic E-state index is 0.228. The van der Waals surface area contributed by atoms with Crippen molar-refractivity contribution in [3.63, 3.8) is 0 Å². The van der Waals surface area contributed by atoms with E-state index in [1.54, 1.807) is 0 Å². The summed E-state index contributed by atoms with van der Waals surface area (Å²) in [4.78, 5) is 20.9. The lowest BCUT2D eigenvalue weighted by Gasteiger charge is -2.18. The summed E-state index contributed by atoms with van der Waals surface area (Å²) in [6.07, 6.45) is -0.0239. The monoisotopic (exact) mass is 206 g/mol. The highest BCUT2D eigenvalue weighted by Crippen LogP contribution is 2.27. The van der Waals surface area contributed by atoms with Crippen LogP contribution in [0.3, 0.4) is 0 Å². The van der Waals surface area contributed by atoms with Crippen molar-refractivity contribution in [3.05, 3.63) is 0 Å². The summed E-state index contributed by atoms with van der Waals surface area (Å²) in [6.45, 7) is 0.659. The highest BCUT2D eigenvalue weighted by atomic mass is 19.1. The number of hydrogen-bond acceptors (Lipinski definition) is 3. The Morgan fingerprint density at radius 1 is 1.43 bits per heavy atom. The van der Waals surface area contributed by atoms with Gasteiger partial charge in [-0.25, -0.2) is 14.0 Å². The van der Waals surface area contributed by atoms with Crippen molar-refractivity contribution < 1.29 is 28.9 Å². The molecule has 0 saturated carbocycles. The first kappa shape index (κ1) is 10.9. The second kappa shape index (κ2) is 3.91. The molecule has 0 aromatic heterocycles. The van der Waals surface area contributed by atoms with Crippen LogP contribution in [0, 0.1) is 5.92 Å². The van der Waals surface area contributed by atoms with Crippen molar-refractivity contribution in [2.75, 3.05) is 13.2 Å². The first-order valence-corrected chi connectivity index (χ1v) is 4.20. The molecule has 14 heavy (non-hydrogen) atoms. The predicted molar refractivity (Wildman–Crippen MR) is 42.7 cm³/mol. The molecular formula is C8H11FO5. The van der Waals surface area contributed by atoms with Crippen LogP contribution < -0.4 is 0 Å². The van der Waals surface area contributed by atoms with Gasteiger partial charge in [-0.15, -0.1) is 0 Å². The second-order valence-electron chi connectivity index (χ2n) is 3.35. The molecule has 6 heteroatoms. The summed E-state index contributed by atoms with van der Waals surface area (Å²) in [5.74, 6) is -4.22. The number of halogens is 1. The highest BCUT2D eigenvalue weighted by molar-refractivity contribution is 6.01. The van der Waals surface area contributed by atoms with E-state index in [-0.39, 0.29) is 12.5 Å². The van der Waals surface area contributed by atoms with E-state index >= 15 is 0 Å². The molecule has 0 unspecified atom stereocenters. The van der Waals surface area contributed by atoms with Crippen LogP contribution in [0.15, 0.2) is 0 Å². The largest absolute Gasteiger partial charge is 0.478 e. The maximum absolute atomic E-state index is 13.4. The molecule has 0 aliphatic carbocycles. The number of aliphatic carboxylic acids is 2. The summed E-state index contributed by atoms with van der Waals surface area (Å²) in [5, 5.41) is 16.9. The highest BCUT2D eigenvalue weighted by Gasteiger charge is 2.49. The number of hydrogen-bond donors (Lipinski definition) is 2. The summed E-state index contributed by atoms with van der Waals surface area (Å²) in [6, 6.07) is 0. The fraction of sp³-hybridized carbons (Fsp3) is 0.750. The molecule has 1 rings (SSSR count). The van der Waals surface area contributed by atoms with Gasteiger partial charge in [-0.1, -0.05) is 0 Å². The van der Waals surface area contributed by atoms with Crippen LogP contribution in [0.25, 0.3) is 0 Å². The first-order chi connectivity index (χ1) is 6.47. The molecule has 5 nitrogen and oxygen atoms in total. The third-order valence-corrected chi connectivity index (χ3v) is 2.27. The Hall–Kier alpha value is -1.17. The van der Waals surface area contributed by atoms with Gasteiger partial charge in [0, 0.05) is 19.6 Å². The van der Waals surface area contributed by atoms with Gasteiger partial charge < -0.3 is 14.9 Å². The van der Waals surface area contributed by atoms with E-state index in [1.807, 2.05) is 0 Å². The lowest BCUT2D eigenvalue weighted by atomic mass is 9.91. The Labute approximate surface area is 79.5 Å². The van der Waals surface area contributed by atoms with Gasteiger partial charge in [0.25, 0.3) is 0 Å². The zero-order valence-corrected chi connectivity index (χ0v) is 7.40. The van der Waals surface area contributed by atoms with Crippen LogP contribution in [-0.2, 0) is 14.3 Å². The van der Waals surface area contributed by atoms with Crippen molar-refractivity contribution in [2.45, 2.75) is 18.5 Å². The van der Waals surface area contributed by atoms with Crippen LogP contribution in [0.2, 0.25) is 0 Å². The van der Waals surface area contributed by atoms with Crippen LogP contribution >= 0.6 is 0 Å². The SMILES string of the molecule is O=C(O)C(F)(C[C@@H]1CCOC1)C(=O)O. The van der Waals surface area contributed by atoms with E-state index in [9.17, 15) is 14.0 Å². The van der Waals surface area contributed by atoms with E-state index < -0.39 is 24.0 Å². The summed E-state index contributed by atoms with van der Waals surface area (Å²) >= 11 is 0. The van der Waals surface area contributed by atoms with E-state index in [1.165, 1.54) is 0 Å². The quantitative estimate of drug-likeness (QED) is 0.646. The molecule has 0 spiro atoms. The molecule has 0 aromatic carbocycles. The van der Waals surface area contributed by atoms with E-state index in [4.69, 9.17) is 14.9 Å². The molecule has 1 saturated heterocycles. The van der Waals surface area contributed by atoms with Crippen LogP contribution in [-0.4, -0.2) is 41.0 Å². The molecule has 0 aromatic rings. The molecule has 1 aliphatic heterocycles. The molecule has 0 radical (unpaired) electrons. The molecule has 1 atom stereocenters. The molecule has 80 valence electrons. The molecule has 2 N–H and O–H groups in total. The summed E-state index contributed by atoms with van der Waals surface area (Å²) < 4.78 is 18.3. The molecule has 0 bridgehead atoms. The minimum Gasteiger partial charge on any atom is -0.478 e. The zero-order chi connectivity index (χ0) is 10.8. The number of carboxylic acids is 2. The number of alkyl halides is 1. The number of carboxylic acid groups (broad SMARTS) is 2. The Morgan fingerprint density at radius 2 is 2.00 bits per heavy atom. The number of carbonyl (C=O) groups is 2. The van der Waals surface area contributed by atoms with Gasteiger partial charge in [-0.05, 0) is 12.3 Å². The average molecular weight is 206 g/mol. The predicted octanol–water partition coefficient (Wildman–Crippen LogP) is 0.290. The fourth-order valence-electron chi connectivity index (χ4n) is 1.41. The lowest BCUT2D eigenvalue weighted by Crippen LogP contribution is -2.44. The van der Waals surface area contributed by atoms with Gasteiger partial charge in [0.1, 0.15) is 0 Å². The van der Waals surface area contributed by atoms with Gasteiger partial charge in [-0.2, -0.15) is 0 Å². The maximum atomic E-state index is 13.4. The molecular weight excluding hydrogens is 195 g/mol. The summed E-state index contributed by atoms with van der Waals surface area (Å²) in [7, 11) is 0. The molecule has 0 amide bonds. The topological polar surface area (TPSA) is 83.8 Å². The molecule has 1 fully saturated rings. The lowest BCUT2D eigenvalue weighted by molar-refractivity contribution is -0.168. The Kier molecular flexibility index (Phi) is 3.05. The van der Waals surface area contributed by atoms with E-state index in [2.05, 4.69) is 0 Å². The van der Waals surface area contributed by atoms with E-state index in [0.717, 1.165) is 0 Å². The Bertz CT molecular complexity index is 232. The van der Waals surface area contributed by atoms with Gasteiger partial charge in [-0.3, -0.25) is 0 Å². The fourth-order valence-corrected chi connectivity index (χ4v) is 1.41. The van der Waals surface area contributed by atoms with Crippen LogP contribution in [0.4, 0.5) is 4.39 Å². The molecule has 1 heterocycles. The Morgan fingerprint density at radius 3 is 2.36 bits per heavy atom. The minimum atomic E-state index is -3.18. The van der Waals surface area contributed by atoms with Crippen molar-refractivity contribution in [3.8, 4) is 0 Å². The average Bonchev–Trinajstić information content (AvgIpc) is 2.55. The third kappa shape index (κ3) is 2.01. The number of rotatable bonds is 4. The smallest absolute Gasteiger partial charge is 0.353 e. The van der Waals surface area contributed by atoms with Crippen molar-refractivity contribution in [2.24, 2.45) is 5.92 Å². The van der Waals surface area contributed by atoms with Gasteiger partial charge in [0.05, 0.1) is 0 Å². The number of ether oxygens (including phenoxy) is 1. The second-order valence-corrected chi connectivity index (χ2v) is 3.35. The van der Waals surface area contributed by atoms with Crippen LogP contribution in [0.1, 0.15) is 12.8 Å². The van der Waals surface area contributed by atoms with Crippen molar-refractivity contribution >= 4 is 11.9 Å². The maximum Gasteiger partial charge on any atom is 0.353 e. The van der Waals surface area contributed by atoms with Gasteiger partial charge >= 0.3 is 17.6 Å². The standard InChI is InChI=1S/C8H11FO5/c9-8(6(10)11,7(12)13)3-5-1-2-14-4-5/h5H,1-4H2,(H,10,11)(H,12,13)/t5-/m0/s1. The first-order valence-electron chi connectivity index (χ1n) is 4.20. The van der Waals surface area contributed by atoms with Gasteiger partial charge in [0.15, 0.2) is 0 Å². The normalized spacial score (nSPS) is 22.2. The zero-order valence-electron chi connectivity index (χ0n) is 7.40. The Balaban J connectivity index is 2.68.